The summed E-state index contributed by atoms with van der Waals surface area (Å²) in [5, 5.41) is 7.10. The van der Waals surface area contributed by atoms with Crippen LogP contribution in [0.4, 0.5) is 0 Å². The fraction of sp³-hybridized carbons (Fsp3) is 0.304. The minimum Gasteiger partial charge on any atom is -0.384 e. The molecule has 0 saturated heterocycles. The van der Waals surface area contributed by atoms with E-state index < -0.39 is 0 Å². The molecule has 2 aliphatic carbocycles. The van der Waals surface area contributed by atoms with Gasteiger partial charge in [-0.25, -0.2) is 9.98 Å². The average Bonchev–Trinajstić information content (AvgIpc) is 2.72. The molecule has 8 heteroatoms. The Bertz CT molecular complexity index is 973. The maximum absolute atomic E-state index is 5.44. The average molecular weight is 421 g/mol. The number of allylic oxidation sites excluding steroid dienone is 5. The van der Waals surface area contributed by atoms with Crippen LogP contribution in [0, 0.1) is 6.92 Å². The Balaban J connectivity index is 1.53. The Morgan fingerprint density at radius 3 is 2.32 bits per heavy atom. The molecular formula is C23H32N8. The smallest absolute Gasteiger partial charge is 0.191 e. The van der Waals surface area contributed by atoms with Crippen LogP contribution in [-0.4, -0.2) is 18.0 Å². The molecule has 0 heterocycles. The molecule has 0 aliphatic heterocycles. The van der Waals surface area contributed by atoms with Crippen molar-refractivity contribution in [1.82, 2.24) is 10.6 Å². The summed E-state index contributed by atoms with van der Waals surface area (Å²) < 4.78 is 0. The van der Waals surface area contributed by atoms with E-state index in [-0.39, 0.29) is 18.0 Å². The van der Waals surface area contributed by atoms with E-state index in [1.54, 1.807) is 0 Å². The molecule has 1 unspecified atom stereocenters. The van der Waals surface area contributed by atoms with Gasteiger partial charge in [0.25, 0.3) is 0 Å². The van der Waals surface area contributed by atoms with Crippen molar-refractivity contribution in [1.29, 1.82) is 0 Å². The molecule has 1 aromatic rings. The minimum absolute atomic E-state index is 0.0809. The van der Waals surface area contributed by atoms with Gasteiger partial charge < -0.3 is 33.6 Å². The van der Waals surface area contributed by atoms with Crippen molar-refractivity contribution in [3.63, 3.8) is 0 Å². The molecule has 1 aromatic carbocycles. The van der Waals surface area contributed by atoms with Gasteiger partial charge in [0, 0.05) is 30.5 Å². The molecule has 0 fully saturated rings. The summed E-state index contributed by atoms with van der Waals surface area (Å²) in [5.41, 5.74) is 28.4. The molecular weight excluding hydrogens is 388 g/mol. The first-order chi connectivity index (χ1) is 14.9. The van der Waals surface area contributed by atoms with Crippen LogP contribution in [0.3, 0.4) is 0 Å². The van der Waals surface area contributed by atoms with Gasteiger partial charge in [-0.15, -0.1) is 0 Å². The zero-order chi connectivity index (χ0) is 22.2. The molecule has 10 N–H and O–H groups in total. The summed E-state index contributed by atoms with van der Waals surface area (Å²) in [7, 11) is 0. The van der Waals surface area contributed by atoms with E-state index in [0.29, 0.717) is 0 Å². The van der Waals surface area contributed by atoms with Gasteiger partial charge >= 0.3 is 0 Å². The van der Waals surface area contributed by atoms with Gasteiger partial charge in [-0.1, -0.05) is 35.9 Å². The molecule has 8 nitrogen and oxygen atoms in total. The van der Waals surface area contributed by atoms with Crippen molar-refractivity contribution in [2.24, 2.45) is 32.9 Å². The van der Waals surface area contributed by atoms with Crippen LogP contribution in [0.1, 0.15) is 36.0 Å². The number of hydrogen-bond donors (Lipinski definition) is 6. The molecule has 0 bridgehead atoms. The zero-order valence-corrected chi connectivity index (χ0v) is 17.9. The number of hydrogen-bond acceptors (Lipinski definition) is 4. The number of rotatable bonds is 8. The van der Waals surface area contributed by atoms with Crippen LogP contribution >= 0.6 is 0 Å². The van der Waals surface area contributed by atoms with E-state index in [1.165, 1.54) is 22.4 Å². The highest BCUT2D eigenvalue weighted by atomic mass is 15.0. The summed E-state index contributed by atoms with van der Waals surface area (Å²) in [4.78, 5) is 8.19. The standard InChI is InChI=1S/C23H32N8/c1-15-10-16(13-28-18-2-6-20(7-3-18)30-22(24)25)12-17(11-15)14-29-19-4-8-21(9-5-19)31-23(26)27/h2,4,6-8,10-12,18,28-29H,3,5,9,13-14H2,1H3,(H4,24,25,30)(H4,26,27,31). The second kappa shape index (κ2) is 10.5. The summed E-state index contributed by atoms with van der Waals surface area (Å²) in [6.45, 7) is 3.70. The van der Waals surface area contributed by atoms with Crippen LogP contribution in [-0.2, 0) is 13.1 Å². The third-order valence-electron chi connectivity index (χ3n) is 5.02. The highest BCUT2D eigenvalue weighted by Crippen LogP contribution is 2.19. The maximum atomic E-state index is 5.44. The number of aliphatic imine (C=N–C) groups is 2. The summed E-state index contributed by atoms with van der Waals surface area (Å²) in [5.74, 6) is 0.184. The molecule has 2 aliphatic rings. The van der Waals surface area contributed by atoms with Gasteiger partial charge in [0.15, 0.2) is 11.9 Å². The number of aryl methyl sites for hydroxylation is 1. The highest BCUT2D eigenvalue weighted by molar-refractivity contribution is 5.77. The van der Waals surface area contributed by atoms with E-state index >= 15 is 0 Å². The van der Waals surface area contributed by atoms with Crippen molar-refractivity contribution in [2.75, 3.05) is 0 Å². The quantitative estimate of drug-likeness (QED) is 0.277. The Hall–Kier alpha value is -3.52. The Labute approximate surface area is 183 Å². The number of benzene rings is 1. The number of nitrogens with zero attached hydrogens (tertiary/aromatic N) is 2. The van der Waals surface area contributed by atoms with E-state index in [1.807, 2.05) is 24.3 Å². The third-order valence-corrected chi connectivity index (χ3v) is 5.02. The van der Waals surface area contributed by atoms with Gasteiger partial charge in [0.2, 0.25) is 0 Å². The lowest BCUT2D eigenvalue weighted by Gasteiger charge is -2.18. The first-order valence-corrected chi connectivity index (χ1v) is 10.4. The first-order valence-electron chi connectivity index (χ1n) is 10.4. The maximum Gasteiger partial charge on any atom is 0.191 e. The van der Waals surface area contributed by atoms with Gasteiger partial charge in [-0.2, -0.15) is 0 Å². The van der Waals surface area contributed by atoms with Gasteiger partial charge in [0.1, 0.15) is 0 Å². The van der Waals surface area contributed by atoms with E-state index in [9.17, 15) is 0 Å². The molecule has 0 radical (unpaired) electrons. The van der Waals surface area contributed by atoms with Crippen LogP contribution in [0.5, 0.6) is 0 Å². The molecule has 3 rings (SSSR count). The van der Waals surface area contributed by atoms with Crippen LogP contribution in [0.2, 0.25) is 0 Å². The molecule has 0 saturated carbocycles. The largest absolute Gasteiger partial charge is 0.384 e. The van der Waals surface area contributed by atoms with Crippen molar-refractivity contribution in [3.05, 3.63) is 82.4 Å². The predicted octanol–water partition coefficient (Wildman–Crippen LogP) is 1.50. The van der Waals surface area contributed by atoms with E-state index in [2.05, 4.69) is 51.8 Å². The summed E-state index contributed by atoms with van der Waals surface area (Å²) in [6.07, 6.45) is 12.7. The summed E-state index contributed by atoms with van der Waals surface area (Å²) in [6, 6.07) is 6.93. The lowest BCUT2D eigenvalue weighted by molar-refractivity contribution is 0.591. The Kier molecular flexibility index (Phi) is 7.50. The third kappa shape index (κ3) is 7.35. The van der Waals surface area contributed by atoms with E-state index in [0.717, 1.165) is 43.7 Å². The fourth-order valence-corrected chi connectivity index (χ4v) is 3.64. The molecule has 164 valence electrons. The minimum atomic E-state index is 0.0809. The molecule has 1 atom stereocenters. The molecule has 0 amide bonds. The van der Waals surface area contributed by atoms with Crippen molar-refractivity contribution in [2.45, 2.75) is 45.3 Å². The van der Waals surface area contributed by atoms with Crippen LogP contribution in [0.15, 0.2) is 75.7 Å². The van der Waals surface area contributed by atoms with Gasteiger partial charge in [-0.3, -0.25) is 0 Å². The van der Waals surface area contributed by atoms with Crippen molar-refractivity contribution >= 4 is 11.9 Å². The second-order valence-electron chi connectivity index (χ2n) is 7.81. The Morgan fingerprint density at radius 2 is 1.71 bits per heavy atom. The molecule has 0 aromatic heterocycles. The van der Waals surface area contributed by atoms with Crippen molar-refractivity contribution in [3.8, 4) is 0 Å². The predicted molar refractivity (Wildman–Crippen MR) is 128 cm³/mol. The zero-order valence-electron chi connectivity index (χ0n) is 17.9. The summed E-state index contributed by atoms with van der Waals surface area (Å²) >= 11 is 0. The number of nitrogens with two attached hydrogens (primary N) is 4. The lowest BCUT2D eigenvalue weighted by Crippen LogP contribution is -2.28. The lowest BCUT2D eigenvalue weighted by atomic mass is 10.0. The monoisotopic (exact) mass is 420 g/mol. The SMILES string of the molecule is Cc1cc(CNC2=CC=C(N=C(N)N)CC2)cc(CNC2C=CC(N=C(N)N)=CC2)c1. The van der Waals surface area contributed by atoms with Crippen LogP contribution in [0.25, 0.3) is 0 Å². The van der Waals surface area contributed by atoms with E-state index in [4.69, 9.17) is 22.9 Å². The van der Waals surface area contributed by atoms with Gasteiger partial charge in [0.05, 0.1) is 5.70 Å². The highest BCUT2D eigenvalue weighted by Gasteiger charge is 2.10. The topological polar surface area (TPSA) is 153 Å². The van der Waals surface area contributed by atoms with Crippen molar-refractivity contribution < 1.29 is 0 Å². The number of guanidine groups is 2. The normalized spacial score (nSPS) is 17.8. The second-order valence-corrected chi connectivity index (χ2v) is 7.81. The molecule has 31 heavy (non-hydrogen) atoms. The fourth-order valence-electron chi connectivity index (χ4n) is 3.64. The van der Waals surface area contributed by atoms with Crippen LogP contribution < -0.4 is 33.6 Å². The van der Waals surface area contributed by atoms with Gasteiger partial charge in [-0.05, 0) is 55.5 Å². The Morgan fingerprint density at radius 1 is 0.968 bits per heavy atom. The first kappa shape index (κ1) is 22.2. The number of nitrogens with one attached hydrogen (secondary N) is 2. The molecule has 0 spiro atoms.